The van der Waals surface area contributed by atoms with E-state index in [1.807, 2.05) is 48.5 Å². The zero-order chi connectivity index (χ0) is 67.8. The van der Waals surface area contributed by atoms with E-state index in [1.165, 1.54) is 76.2 Å². The van der Waals surface area contributed by atoms with Gasteiger partial charge in [-0.05, 0) is 71.4 Å². The number of rotatable bonds is 19. The van der Waals surface area contributed by atoms with Crippen LogP contribution in [0.1, 0.15) is 106 Å². The fourth-order valence-electron chi connectivity index (χ4n) is 13.6. The quantitative estimate of drug-likeness (QED) is 0.0294. The molecule has 498 valence electrons. The Morgan fingerprint density at radius 1 is 0.720 bits per heavy atom. The highest BCUT2D eigenvalue weighted by Crippen LogP contribution is 2.65. The SMILES string of the molecule is CC(=O)O[C@H]1C(=O)[C@]2(C)[C@@H](OC(=O)OCC(Cl)(Cl)Cl)C[C@H]3OC[C@@]3(OC(C)=O)[C@H]2[C@H](OC(=O)c2ccccc2)[C@]2(O)C[C@H](OC(=O)[C@H](O)[C@@H](NC(=O)[C@@H](CCC(=O)OCC(Cl)(Cl)Cl)NC(=O)OCC3c4ccccc4-c4ccccc43)c3ccccc3)C(C)=C1C2(C)C. The number of aliphatic hydroxyl groups excluding tert-OH is 1. The molecule has 3 fully saturated rings. The fraction of sp³-hybridized carbons (Fsp3) is 0.462. The van der Waals surface area contributed by atoms with Crippen LogP contribution in [0.15, 0.2) is 120 Å². The first-order chi connectivity index (χ1) is 43.7. The summed E-state index contributed by atoms with van der Waals surface area (Å²) in [6, 6.07) is 26.8. The number of carbonyl (C=O) groups is 9. The molecule has 4 aromatic carbocycles. The molecule has 0 spiro atoms. The van der Waals surface area contributed by atoms with Gasteiger partial charge in [-0.3, -0.25) is 24.0 Å². The lowest BCUT2D eigenvalue weighted by molar-refractivity contribution is -0.346. The summed E-state index contributed by atoms with van der Waals surface area (Å²) in [6.07, 6.45) is -16.1. The van der Waals surface area contributed by atoms with Gasteiger partial charge in [0.15, 0.2) is 23.6 Å². The van der Waals surface area contributed by atoms with Crippen LogP contribution >= 0.6 is 69.6 Å². The summed E-state index contributed by atoms with van der Waals surface area (Å²) < 4.78 is 48.8. The van der Waals surface area contributed by atoms with Gasteiger partial charge in [0.1, 0.15) is 55.9 Å². The molecular weight excluding hydrogens is 1340 g/mol. The molecule has 12 atom stereocenters. The highest BCUT2D eigenvalue weighted by molar-refractivity contribution is 6.68. The van der Waals surface area contributed by atoms with Crippen molar-refractivity contribution in [2.75, 3.05) is 26.4 Å². The Kier molecular flexibility index (Phi) is 21.2. The molecule has 4 aliphatic carbocycles. The molecule has 4 aromatic rings. The average Bonchev–Trinajstić information content (AvgIpc) is 1.13. The van der Waals surface area contributed by atoms with E-state index < -0.39 is 189 Å². The molecule has 0 unspecified atom stereocenters. The number of aliphatic hydroxyl groups is 2. The lowest BCUT2D eigenvalue weighted by atomic mass is 9.44. The van der Waals surface area contributed by atoms with E-state index in [0.717, 1.165) is 36.1 Å². The number of nitrogens with one attached hydrogen (secondary N) is 2. The normalized spacial score (nSPS) is 26.2. The standard InChI is InChI=1S/C65H66Cl6N2O20/c1-33-44(90-57(81)50(77)49(36-17-9-7-10-18-36)73-55(79)43(25-26-47(76)87-31-64(66,67)68)72-58(82)85-29-42-40-23-15-13-21-38(40)39-22-14-16-24-41(39)42)28-63(84)54(92-56(80)37-19-11-8-12-20-37)52-61(6,53(78)51(89-34(2)74)48(33)60(63,4)5)45(91-59(83)88-32-65(69,70)71)27-46-62(52,30-86-46)93-35(3)75/h7-24,42-46,49-52,54,77,84H,25-32H2,1-6H3,(H,72,82)(H,73,79)/t43-,44+,45+,46-,49+,50-,51-,52+,54+,61-,62+,63-/m1/s1. The van der Waals surface area contributed by atoms with Gasteiger partial charge in [-0.2, -0.15) is 0 Å². The third kappa shape index (κ3) is 14.7. The second kappa shape index (κ2) is 27.9. The second-order valence-corrected chi connectivity index (χ2v) is 29.1. The van der Waals surface area contributed by atoms with E-state index in [9.17, 15) is 43.8 Å². The third-order valence-electron chi connectivity index (χ3n) is 18.0. The molecule has 5 aliphatic rings. The molecule has 2 amide bonds. The number of fused-ring (bicyclic) bond motifs is 8. The highest BCUT2D eigenvalue weighted by atomic mass is 35.6. The van der Waals surface area contributed by atoms with Crippen LogP contribution < -0.4 is 10.6 Å². The zero-order valence-electron chi connectivity index (χ0n) is 50.8. The third-order valence-corrected chi connectivity index (χ3v) is 18.7. The van der Waals surface area contributed by atoms with Gasteiger partial charge in [-0.25, -0.2) is 19.2 Å². The number of carbonyl (C=O) groups excluding carboxylic acids is 9. The lowest BCUT2D eigenvalue weighted by Gasteiger charge is -2.67. The van der Waals surface area contributed by atoms with Gasteiger partial charge < -0.3 is 63.5 Å². The minimum atomic E-state index is -2.66. The van der Waals surface area contributed by atoms with Crippen LogP contribution in [-0.4, -0.2) is 152 Å². The number of esters is 5. The van der Waals surface area contributed by atoms with Crippen molar-refractivity contribution in [3.63, 3.8) is 0 Å². The zero-order valence-corrected chi connectivity index (χ0v) is 55.4. The van der Waals surface area contributed by atoms with Gasteiger partial charge in [0.2, 0.25) is 13.5 Å². The van der Waals surface area contributed by atoms with Crippen molar-refractivity contribution in [1.29, 1.82) is 0 Å². The Hall–Kier alpha value is -6.73. The number of ketones is 1. The van der Waals surface area contributed by atoms with Gasteiger partial charge in [0.05, 0.1) is 29.5 Å². The van der Waals surface area contributed by atoms with Gasteiger partial charge in [0, 0.05) is 44.4 Å². The van der Waals surface area contributed by atoms with E-state index in [1.54, 1.807) is 12.1 Å². The van der Waals surface area contributed by atoms with E-state index in [0.29, 0.717) is 0 Å². The number of halogens is 6. The summed E-state index contributed by atoms with van der Waals surface area (Å²) in [4.78, 5) is 129. The van der Waals surface area contributed by atoms with Gasteiger partial charge in [-0.1, -0.05) is 181 Å². The number of benzene rings is 4. The molecule has 1 aliphatic heterocycles. The molecule has 22 nitrogen and oxygen atoms in total. The highest BCUT2D eigenvalue weighted by Gasteiger charge is 2.79. The summed E-state index contributed by atoms with van der Waals surface area (Å²) >= 11 is 35.2. The topological polar surface area (TPSA) is 301 Å². The number of Topliss-reactive ketones (excluding diaryl/α,β-unsaturated/α-hetero) is 1. The van der Waals surface area contributed by atoms with Crippen LogP contribution in [0.5, 0.6) is 0 Å². The summed E-state index contributed by atoms with van der Waals surface area (Å²) in [5.74, 6) is -9.80. The Bertz CT molecular complexity index is 3540. The Morgan fingerprint density at radius 2 is 1.30 bits per heavy atom. The molecule has 0 radical (unpaired) electrons. The molecule has 1 saturated heterocycles. The van der Waals surface area contributed by atoms with Crippen LogP contribution in [0.25, 0.3) is 11.1 Å². The number of alkyl carbamates (subject to hydrolysis) is 1. The van der Waals surface area contributed by atoms with Gasteiger partial charge in [0.25, 0.3) is 0 Å². The van der Waals surface area contributed by atoms with Crippen LogP contribution in [0.3, 0.4) is 0 Å². The predicted octanol–water partition coefficient (Wildman–Crippen LogP) is 9.55. The summed E-state index contributed by atoms with van der Waals surface area (Å²) in [6.45, 7) is 5.51. The molecule has 9 rings (SSSR count). The maximum atomic E-state index is 16.3. The maximum absolute atomic E-state index is 16.3. The number of alkyl halides is 6. The number of amides is 2. The van der Waals surface area contributed by atoms with Crippen LogP contribution in [0.2, 0.25) is 0 Å². The molecule has 0 aromatic heterocycles. The first-order valence-corrected chi connectivity index (χ1v) is 31.7. The van der Waals surface area contributed by atoms with Gasteiger partial charge in [-0.15, -0.1) is 0 Å². The van der Waals surface area contributed by atoms with Crippen molar-refractivity contribution in [2.24, 2.45) is 16.7 Å². The molecule has 4 N–H and O–H groups in total. The number of ether oxygens (including phenoxy) is 9. The van der Waals surface area contributed by atoms with Crippen molar-refractivity contribution < 1.29 is 96.0 Å². The van der Waals surface area contributed by atoms with E-state index in [4.69, 9.17) is 112 Å². The summed E-state index contributed by atoms with van der Waals surface area (Å²) in [5.41, 5.74) is -5.45. The average molecular weight is 1410 g/mol. The summed E-state index contributed by atoms with van der Waals surface area (Å²) in [5, 5.41) is 31.7. The number of hydrogen-bond donors (Lipinski definition) is 4. The largest absolute Gasteiger partial charge is 0.508 e. The molecule has 1 heterocycles. The second-order valence-electron chi connectivity index (χ2n) is 24.1. The van der Waals surface area contributed by atoms with Crippen LogP contribution in [0.4, 0.5) is 9.59 Å². The molecule has 2 saturated carbocycles. The van der Waals surface area contributed by atoms with Crippen molar-refractivity contribution >= 4 is 123 Å². The first kappa shape index (κ1) is 70.6. The monoisotopic (exact) mass is 1400 g/mol. The fourth-order valence-corrected chi connectivity index (χ4v) is 13.9. The lowest BCUT2D eigenvalue weighted by Crippen LogP contribution is -2.82. The minimum Gasteiger partial charge on any atom is -0.461 e. The van der Waals surface area contributed by atoms with Crippen LogP contribution in [0, 0.1) is 16.7 Å². The smallest absolute Gasteiger partial charge is 0.461 e. The molecular formula is C65H66Cl6N2O20. The Morgan fingerprint density at radius 3 is 1.87 bits per heavy atom. The first-order valence-electron chi connectivity index (χ1n) is 29.4. The minimum absolute atomic E-state index is 0.0239. The van der Waals surface area contributed by atoms with Crippen molar-refractivity contribution in [1.82, 2.24) is 10.6 Å². The number of hydrogen-bond acceptors (Lipinski definition) is 20. The van der Waals surface area contributed by atoms with Crippen LogP contribution in [-0.2, 0) is 71.4 Å². The van der Waals surface area contributed by atoms with Crippen molar-refractivity contribution in [2.45, 2.75) is 141 Å². The van der Waals surface area contributed by atoms with E-state index >= 15 is 9.59 Å². The van der Waals surface area contributed by atoms with E-state index in [2.05, 4.69) is 10.6 Å². The van der Waals surface area contributed by atoms with Crippen molar-refractivity contribution in [3.8, 4) is 11.1 Å². The summed E-state index contributed by atoms with van der Waals surface area (Å²) in [7, 11) is 0. The van der Waals surface area contributed by atoms with Crippen molar-refractivity contribution in [3.05, 3.63) is 143 Å². The Balaban J connectivity index is 1.09. The van der Waals surface area contributed by atoms with E-state index in [-0.39, 0.29) is 28.9 Å². The molecule has 2 bridgehead atoms. The van der Waals surface area contributed by atoms with Gasteiger partial charge >= 0.3 is 42.1 Å². The molecule has 28 heteroatoms. The molecule has 93 heavy (non-hydrogen) atoms. The Labute approximate surface area is 564 Å². The maximum Gasteiger partial charge on any atom is 0.508 e. The predicted molar refractivity (Wildman–Crippen MR) is 335 cm³/mol.